The summed E-state index contributed by atoms with van der Waals surface area (Å²) in [5.74, 6) is -0.698. The molecule has 0 saturated carbocycles. The number of rotatable bonds is 5. The summed E-state index contributed by atoms with van der Waals surface area (Å²) in [5.41, 5.74) is 0.463. The molecule has 0 saturated heterocycles. The van der Waals surface area contributed by atoms with Gasteiger partial charge in [-0.25, -0.2) is 13.2 Å². The molecule has 0 fully saturated rings. The topological polar surface area (TPSA) is 72.5 Å². The number of ether oxygens (including phenoxy) is 1. The predicted molar refractivity (Wildman–Crippen MR) is 91.8 cm³/mol. The van der Waals surface area contributed by atoms with Crippen LogP contribution in [0.25, 0.3) is 0 Å². The molecule has 5 nitrogen and oxygen atoms in total. The minimum Gasteiger partial charge on any atom is -0.465 e. The zero-order valence-electron chi connectivity index (χ0n) is 12.4. The van der Waals surface area contributed by atoms with Crippen molar-refractivity contribution in [2.75, 3.05) is 18.1 Å². The Morgan fingerprint density at radius 3 is 2.57 bits per heavy atom. The van der Waals surface area contributed by atoms with Crippen LogP contribution in [-0.2, 0) is 14.8 Å². The minimum atomic E-state index is -3.86. The average Bonchev–Trinajstić information content (AvgIpc) is 2.54. The molecule has 2 rings (SSSR count). The number of thioether (sulfide) groups is 1. The van der Waals surface area contributed by atoms with E-state index in [0.29, 0.717) is 5.69 Å². The predicted octanol–water partition coefficient (Wildman–Crippen LogP) is 3.65. The zero-order chi connectivity index (χ0) is 17.0. The SMILES string of the molecule is COC(=O)c1cc(S(=O)(=O)Nc2ccccc2SC)ccc1Cl. The lowest BCUT2D eigenvalue weighted by molar-refractivity contribution is 0.0600. The Morgan fingerprint density at radius 1 is 1.22 bits per heavy atom. The molecule has 0 amide bonds. The highest BCUT2D eigenvalue weighted by atomic mass is 35.5. The van der Waals surface area contributed by atoms with Gasteiger partial charge in [-0.3, -0.25) is 4.72 Å². The van der Waals surface area contributed by atoms with Crippen LogP contribution in [0.4, 0.5) is 5.69 Å². The molecule has 0 aliphatic rings. The molecule has 8 heteroatoms. The second kappa shape index (κ2) is 7.25. The number of hydrogen-bond acceptors (Lipinski definition) is 5. The molecule has 0 aliphatic heterocycles. The van der Waals surface area contributed by atoms with E-state index in [1.807, 2.05) is 18.4 Å². The number of benzene rings is 2. The van der Waals surface area contributed by atoms with Gasteiger partial charge < -0.3 is 4.74 Å². The van der Waals surface area contributed by atoms with Crippen LogP contribution in [0.2, 0.25) is 5.02 Å². The van der Waals surface area contributed by atoms with Crippen LogP contribution >= 0.6 is 23.4 Å². The lowest BCUT2D eigenvalue weighted by Crippen LogP contribution is -2.14. The lowest BCUT2D eigenvalue weighted by atomic mass is 10.2. The Bertz CT molecular complexity index is 837. The fourth-order valence-electron chi connectivity index (χ4n) is 1.87. The first kappa shape index (κ1) is 17.7. The normalized spacial score (nSPS) is 11.1. The van der Waals surface area contributed by atoms with Crippen molar-refractivity contribution in [3.05, 3.63) is 53.1 Å². The monoisotopic (exact) mass is 371 g/mol. The molecule has 2 aromatic carbocycles. The van der Waals surface area contributed by atoms with Crippen molar-refractivity contribution in [1.82, 2.24) is 0 Å². The van der Waals surface area contributed by atoms with Gasteiger partial charge >= 0.3 is 5.97 Å². The molecule has 0 heterocycles. The number of hydrogen-bond donors (Lipinski definition) is 1. The van der Waals surface area contributed by atoms with Gasteiger partial charge in [0.25, 0.3) is 10.0 Å². The summed E-state index contributed by atoms with van der Waals surface area (Å²) in [5, 5.41) is 0.125. The Hall–Kier alpha value is -1.70. The molecule has 122 valence electrons. The number of methoxy groups -OCH3 is 1. The van der Waals surface area contributed by atoms with Gasteiger partial charge in [-0.1, -0.05) is 23.7 Å². The molecule has 0 atom stereocenters. The van der Waals surface area contributed by atoms with Crippen molar-refractivity contribution in [3.63, 3.8) is 0 Å². The molecule has 0 unspecified atom stereocenters. The Labute approximate surface area is 144 Å². The van der Waals surface area contributed by atoms with Crippen LogP contribution in [0.1, 0.15) is 10.4 Å². The maximum absolute atomic E-state index is 12.5. The largest absolute Gasteiger partial charge is 0.465 e. The van der Waals surface area contributed by atoms with E-state index in [1.165, 1.54) is 37.1 Å². The molecular weight excluding hydrogens is 358 g/mol. The third kappa shape index (κ3) is 3.99. The quantitative estimate of drug-likeness (QED) is 0.641. The van der Waals surface area contributed by atoms with Crippen LogP contribution < -0.4 is 4.72 Å². The van der Waals surface area contributed by atoms with Crippen molar-refractivity contribution in [3.8, 4) is 0 Å². The van der Waals surface area contributed by atoms with Crippen molar-refractivity contribution in [2.45, 2.75) is 9.79 Å². The van der Waals surface area contributed by atoms with Gasteiger partial charge in [-0.2, -0.15) is 0 Å². The van der Waals surface area contributed by atoms with Gasteiger partial charge in [0.15, 0.2) is 0 Å². The summed E-state index contributed by atoms with van der Waals surface area (Å²) < 4.78 is 32.2. The highest BCUT2D eigenvalue weighted by molar-refractivity contribution is 7.99. The third-order valence-corrected chi connectivity index (χ3v) is 5.49. The molecule has 2 aromatic rings. The number of carbonyl (C=O) groups excluding carboxylic acids is 1. The molecule has 0 aliphatic carbocycles. The van der Waals surface area contributed by atoms with Crippen LogP contribution in [-0.4, -0.2) is 27.8 Å². The maximum atomic E-state index is 12.5. The van der Waals surface area contributed by atoms with Crippen molar-refractivity contribution < 1.29 is 17.9 Å². The molecule has 0 radical (unpaired) electrons. The number of nitrogens with one attached hydrogen (secondary N) is 1. The number of halogens is 1. The van der Waals surface area contributed by atoms with E-state index in [9.17, 15) is 13.2 Å². The minimum absolute atomic E-state index is 0.00445. The standard InChI is InChI=1S/C15H14ClNO4S2/c1-21-15(18)11-9-10(7-8-12(11)16)23(19,20)17-13-5-3-4-6-14(13)22-2/h3-9,17H,1-2H3. The first-order valence-corrected chi connectivity index (χ1v) is 9.51. The fraction of sp³-hybridized carbons (Fsp3) is 0.133. The molecule has 0 aromatic heterocycles. The molecule has 0 bridgehead atoms. The second-order valence-corrected chi connectivity index (χ2v) is 7.38. The molecule has 0 spiro atoms. The van der Waals surface area contributed by atoms with Crippen LogP contribution in [0.15, 0.2) is 52.3 Å². The smallest absolute Gasteiger partial charge is 0.339 e. The average molecular weight is 372 g/mol. The Balaban J connectivity index is 2.42. The van der Waals surface area contributed by atoms with Gasteiger partial charge in [0.2, 0.25) is 0 Å². The molecule has 1 N–H and O–H groups in total. The van der Waals surface area contributed by atoms with Crippen LogP contribution in [0.5, 0.6) is 0 Å². The summed E-state index contributed by atoms with van der Waals surface area (Å²) >= 11 is 7.33. The van der Waals surface area contributed by atoms with Crippen molar-refractivity contribution in [2.24, 2.45) is 0 Å². The highest BCUT2D eigenvalue weighted by Crippen LogP contribution is 2.28. The summed E-state index contributed by atoms with van der Waals surface area (Å²) in [6.07, 6.45) is 1.85. The van der Waals surface area contributed by atoms with E-state index < -0.39 is 16.0 Å². The number of carbonyl (C=O) groups is 1. The van der Waals surface area contributed by atoms with E-state index in [0.717, 1.165) is 4.90 Å². The Kier molecular flexibility index (Phi) is 5.56. The molecule has 23 heavy (non-hydrogen) atoms. The van der Waals surface area contributed by atoms with E-state index >= 15 is 0 Å². The van der Waals surface area contributed by atoms with Gasteiger partial charge in [0.05, 0.1) is 28.3 Å². The van der Waals surface area contributed by atoms with E-state index in [-0.39, 0.29) is 15.5 Å². The Morgan fingerprint density at radius 2 is 1.91 bits per heavy atom. The van der Waals surface area contributed by atoms with Gasteiger partial charge in [-0.05, 0) is 36.6 Å². The van der Waals surface area contributed by atoms with E-state index in [4.69, 9.17) is 11.6 Å². The summed E-state index contributed by atoms with van der Waals surface area (Å²) in [6.45, 7) is 0. The van der Waals surface area contributed by atoms with Gasteiger partial charge in [0.1, 0.15) is 0 Å². The first-order valence-electron chi connectivity index (χ1n) is 6.42. The van der Waals surface area contributed by atoms with E-state index in [1.54, 1.807) is 12.1 Å². The van der Waals surface area contributed by atoms with Crippen molar-refractivity contribution in [1.29, 1.82) is 0 Å². The first-order chi connectivity index (χ1) is 10.9. The maximum Gasteiger partial charge on any atom is 0.339 e. The summed E-state index contributed by atoms with van der Waals surface area (Å²) in [4.78, 5) is 12.4. The number of anilines is 1. The molecular formula is C15H14ClNO4S2. The number of esters is 1. The highest BCUT2D eigenvalue weighted by Gasteiger charge is 2.20. The number of sulfonamides is 1. The second-order valence-electron chi connectivity index (χ2n) is 4.44. The number of para-hydroxylation sites is 1. The van der Waals surface area contributed by atoms with E-state index in [2.05, 4.69) is 9.46 Å². The summed E-state index contributed by atoms with van der Waals surface area (Å²) in [6, 6.07) is 10.9. The van der Waals surface area contributed by atoms with Crippen molar-refractivity contribution >= 4 is 45.0 Å². The fourth-order valence-corrected chi connectivity index (χ4v) is 3.79. The zero-order valence-corrected chi connectivity index (χ0v) is 14.8. The van der Waals surface area contributed by atoms with Crippen LogP contribution in [0.3, 0.4) is 0 Å². The lowest BCUT2D eigenvalue weighted by Gasteiger charge is -2.12. The third-order valence-electron chi connectivity index (χ3n) is 3.00. The van der Waals surface area contributed by atoms with Gasteiger partial charge in [-0.15, -0.1) is 11.8 Å². The van der Waals surface area contributed by atoms with Gasteiger partial charge in [0, 0.05) is 4.90 Å². The summed E-state index contributed by atoms with van der Waals surface area (Å²) in [7, 11) is -2.66. The van der Waals surface area contributed by atoms with Crippen LogP contribution in [0, 0.1) is 0 Å².